The first-order valence-electron chi connectivity index (χ1n) is 12.1. The van der Waals surface area contributed by atoms with Crippen molar-refractivity contribution in [1.82, 2.24) is 5.32 Å². The fourth-order valence-corrected chi connectivity index (χ4v) is 5.32. The molecule has 1 aliphatic carbocycles. The average Bonchev–Trinajstić information content (AvgIpc) is 3.34. The van der Waals surface area contributed by atoms with Crippen molar-refractivity contribution in [2.75, 3.05) is 17.4 Å². The molecule has 1 N–H and O–H groups in total. The van der Waals surface area contributed by atoms with Crippen LogP contribution in [0.2, 0.25) is 0 Å². The van der Waals surface area contributed by atoms with Crippen molar-refractivity contribution < 1.29 is 19.1 Å². The summed E-state index contributed by atoms with van der Waals surface area (Å²) in [6, 6.07) is 13.5. The molecule has 0 aromatic heterocycles. The lowest BCUT2D eigenvalue weighted by Gasteiger charge is -2.19. The second-order valence-corrected chi connectivity index (χ2v) is 10.00. The van der Waals surface area contributed by atoms with Crippen molar-refractivity contribution in [2.24, 2.45) is 4.99 Å². The second kappa shape index (κ2) is 10.6. The van der Waals surface area contributed by atoms with Crippen LogP contribution in [0.5, 0.6) is 11.5 Å². The third kappa shape index (κ3) is 5.53. The van der Waals surface area contributed by atoms with Gasteiger partial charge in [-0.25, -0.2) is 4.99 Å². The van der Waals surface area contributed by atoms with Gasteiger partial charge in [0.2, 0.25) is 12.7 Å². The van der Waals surface area contributed by atoms with E-state index in [9.17, 15) is 9.59 Å². The van der Waals surface area contributed by atoms with Gasteiger partial charge in [-0.05, 0) is 55.7 Å². The van der Waals surface area contributed by atoms with Gasteiger partial charge in [-0.15, -0.1) is 0 Å². The van der Waals surface area contributed by atoms with Crippen LogP contribution in [0.25, 0.3) is 6.08 Å². The number of thioether (sulfide) groups is 1. The number of anilines is 1. The maximum atomic E-state index is 13.4. The number of amidine groups is 1. The molecule has 2 heterocycles. The van der Waals surface area contributed by atoms with Crippen LogP contribution >= 0.6 is 11.8 Å². The van der Waals surface area contributed by atoms with E-state index in [2.05, 4.69) is 10.3 Å². The van der Waals surface area contributed by atoms with Crippen LogP contribution in [0, 0.1) is 6.92 Å². The molecule has 2 aromatic carbocycles. The number of nitrogens with zero attached hydrogens (tertiary/aromatic N) is 2. The third-order valence-corrected chi connectivity index (χ3v) is 7.31. The molecule has 35 heavy (non-hydrogen) atoms. The summed E-state index contributed by atoms with van der Waals surface area (Å²) in [5.41, 5.74) is 2.94. The molecule has 3 aliphatic rings. The number of rotatable bonds is 5. The summed E-state index contributed by atoms with van der Waals surface area (Å²) in [5.74, 6) is 1.30. The average molecular weight is 492 g/mol. The predicted molar refractivity (Wildman–Crippen MR) is 139 cm³/mol. The second-order valence-electron chi connectivity index (χ2n) is 9.06. The summed E-state index contributed by atoms with van der Waals surface area (Å²) in [5, 5.41) is 3.67. The third-order valence-electron chi connectivity index (χ3n) is 6.37. The number of fused-ring (bicyclic) bond motifs is 1. The molecule has 0 radical (unpaired) electrons. The molecule has 0 atom stereocenters. The van der Waals surface area contributed by atoms with Crippen LogP contribution in [0.1, 0.15) is 49.7 Å². The van der Waals surface area contributed by atoms with Crippen LogP contribution in [0.15, 0.2) is 53.2 Å². The van der Waals surface area contributed by atoms with Crippen molar-refractivity contribution in [1.29, 1.82) is 0 Å². The zero-order valence-corrected chi connectivity index (χ0v) is 20.6. The lowest BCUT2D eigenvalue weighted by atomic mass is 10.1. The number of carbonyl (C=O) groups is 2. The van der Waals surface area contributed by atoms with Gasteiger partial charge in [0, 0.05) is 6.04 Å². The quantitative estimate of drug-likeness (QED) is 0.468. The molecule has 2 amide bonds. The first-order valence-corrected chi connectivity index (χ1v) is 13.1. The van der Waals surface area contributed by atoms with Crippen LogP contribution < -0.4 is 19.7 Å². The van der Waals surface area contributed by atoms with Gasteiger partial charge in [-0.3, -0.25) is 14.5 Å². The van der Waals surface area contributed by atoms with Gasteiger partial charge in [0.1, 0.15) is 5.70 Å². The van der Waals surface area contributed by atoms with E-state index >= 15 is 0 Å². The van der Waals surface area contributed by atoms with Crippen molar-refractivity contribution >= 4 is 40.5 Å². The standard InChI is InChI=1S/C27H29N3O4S/c1-18-8-11-21(12-9-18)30-26(32)22(14-19-10-13-23-24(15-19)34-17-33-23)29-27(30)35-16-25(31)28-20-6-4-2-3-5-7-20/h8-15,20H,2-7,16-17H2,1H3,(H,28,31). The largest absolute Gasteiger partial charge is 0.454 e. The van der Waals surface area contributed by atoms with Crippen LogP contribution in [0.4, 0.5) is 5.69 Å². The van der Waals surface area contributed by atoms with Gasteiger partial charge < -0.3 is 14.8 Å². The number of aryl methyl sites for hydroxylation is 1. The minimum atomic E-state index is -0.224. The zero-order chi connectivity index (χ0) is 24.2. The molecule has 0 bridgehead atoms. The molecule has 2 aromatic rings. The fraction of sp³-hybridized carbons (Fsp3) is 0.370. The van der Waals surface area contributed by atoms with E-state index in [1.165, 1.54) is 24.6 Å². The van der Waals surface area contributed by atoms with E-state index in [1.807, 2.05) is 49.4 Å². The highest BCUT2D eigenvalue weighted by atomic mass is 32.2. The molecule has 2 aliphatic heterocycles. The Morgan fingerprint density at radius 1 is 1.09 bits per heavy atom. The monoisotopic (exact) mass is 491 g/mol. The lowest BCUT2D eigenvalue weighted by Crippen LogP contribution is -2.37. The molecule has 1 saturated carbocycles. The molecule has 5 rings (SSSR count). The molecule has 7 nitrogen and oxygen atoms in total. The molecular formula is C27H29N3O4S. The van der Waals surface area contributed by atoms with Crippen LogP contribution in [0.3, 0.4) is 0 Å². The Balaban J connectivity index is 1.35. The topological polar surface area (TPSA) is 80.2 Å². The number of benzene rings is 2. The molecule has 8 heteroatoms. The summed E-state index contributed by atoms with van der Waals surface area (Å²) in [4.78, 5) is 32.3. The van der Waals surface area contributed by atoms with E-state index in [4.69, 9.17) is 9.47 Å². The highest BCUT2D eigenvalue weighted by Gasteiger charge is 2.32. The summed E-state index contributed by atoms with van der Waals surface area (Å²) < 4.78 is 10.8. The smallest absolute Gasteiger partial charge is 0.283 e. The normalized spacial score (nSPS) is 19.1. The number of ether oxygens (including phenoxy) is 2. The molecule has 182 valence electrons. The van der Waals surface area contributed by atoms with E-state index < -0.39 is 0 Å². The Hall–Kier alpha value is -3.26. The molecule has 0 saturated heterocycles. The first-order chi connectivity index (χ1) is 17.1. The number of aliphatic imine (C=N–C) groups is 1. The van der Waals surface area contributed by atoms with Gasteiger partial charge >= 0.3 is 0 Å². The van der Waals surface area contributed by atoms with Crippen molar-refractivity contribution in [3.8, 4) is 11.5 Å². The molecular weight excluding hydrogens is 462 g/mol. The molecule has 0 unspecified atom stereocenters. The lowest BCUT2D eigenvalue weighted by molar-refractivity contribution is -0.119. The highest BCUT2D eigenvalue weighted by molar-refractivity contribution is 8.14. The van der Waals surface area contributed by atoms with Crippen molar-refractivity contribution in [3.63, 3.8) is 0 Å². The number of hydrogen-bond donors (Lipinski definition) is 1. The zero-order valence-electron chi connectivity index (χ0n) is 19.8. The van der Waals surface area contributed by atoms with Crippen molar-refractivity contribution in [3.05, 3.63) is 59.3 Å². The summed E-state index contributed by atoms with van der Waals surface area (Å²) in [6.07, 6.45) is 8.61. The van der Waals surface area contributed by atoms with Crippen LogP contribution in [-0.2, 0) is 9.59 Å². The van der Waals surface area contributed by atoms with Crippen molar-refractivity contribution in [2.45, 2.75) is 51.5 Å². The Kier molecular flexibility index (Phi) is 7.08. The Morgan fingerprint density at radius 3 is 2.60 bits per heavy atom. The van der Waals surface area contributed by atoms with Crippen LogP contribution in [-0.4, -0.2) is 35.6 Å². The first kappa shape index (κ1) is 23.5. The van der Waals surface area contributed by atoms with Gasteiger partial charge in [0.25, 0.3) is 5.91 Å². The van der Waals surface area contributed by atoms with Gasteiger partial charge in [0.15, 0.2) is 16.7 Å². The number of hydrogen-bond acceptors (Lipinski definition) is 6. The number of nitrogens with one attached hydrogen (secondary N) is 1. The minimum absolute atomic E-state index is 0.0193. The summed E-state index contributed by atoms with van der Waals surface area (Å²) in [7, 11) is 0. The Morgan fingerprint density at radius 2 is 1.83 bits per heavy atom. The maximum Gasteiger partial charge on any atom is 0.283 e. The van der Waals surface area contributed by atoms with Gasteiger partial charge in [-0.2, -0.15) is 0 Å². The summed E-state index contributed by atoms with van der Waals surface area (Å²) >= 11 is 1.29. The van der Waals surface area contributed by atoms with E-state index in [0.717, 1.165) is 42.5 Å². The Bertz CT molecular complexity index is 1170. The minimum Gasteiger partial charge on any atom is -0.454 e. The van der Waals surface area contributed by atoms with E-state index in [1.54, 1.807) is 11.0 Å². The number of amides is 2. The molecule has 0 spiro atoms. The SMILES string of the molecule is Cc1ccc(N2C(=O)C(=Cc3ccc4c(c3)OCO4)N=C2SCC(=O)NC2CCCCCC2)cc1. The van der Waals surface area contributed by atoms with E-state index in [-0.39, 0.29) is 30.4 Å². The van der Waals surface area contributed by atoms with Gasteiger partial charge in [0.05, 0.1) is 11.4 Å². The predicted octanol–water partition coefficient (Wildman–Crippen LogP) is 5.04. The summed E-state index contributed by atoms with van der Waals surface area (Å²) in [6.45, 7) is 2.19. The molecule has 1 fully saturated rings. The highest BCUT2D eigenvalue weighted by Crippen LogP contribution is 2.34. The maximum absolute atomic E-state index is 13.4. The van der Waals surface area contributed by atoms with Gasteiger partial charge in [-0.1, -0.05) is 61.2 Å². The fourth-order valence-electron chi connectivity index (χ4n) is 4.50. The number of carbonyl (C=O) groups excluding carboxylic acids is 2. The van der Waals surface area contributed by atoms with E-state index in [0.29, 0.717) is 22.4 Å². The Labute approximate surface area is 209 Å².